The lowest BCUT2D eigenvalue weighted by Gasteiger charge is -1.97. The smallest absolute Gasteiger partial charge is 0.258 e. The first-order valence-corrected chi connectivity index (χ1v) is 8.29. The number of thiazole rings is 1. The van der Waals surface area contributed by atoms with E-state index in [-0.39, 0.29) is 12.5 Å². The van der Waals surface area contributed by atoms with Crippen molar-refractivity contribution in [2.75, 3.05) is 11.9 Å². The number of aromatic nitrogens is 1. The molecule has 0 aliphatic rings. The van der Waals surface area contributed by atoms with Gasteiger partial charge < -0.3 is 5.11 Å². The Hall–Kier alpha value is -1.68. The molecule has 2 aromatic rings. The topological polar surface area (TPSA) is 62.2 Å². The highest BCUT2D eigenvalue weighted by Crippen LogP contribution is 2.23. The molecule has 1 amide bonds. The summed E-state index contributed by atoms with van der Waals surface area (Å²) in [4.78, 5) is 18.5. The van der Waals surface area contributed by atoms with Gasteiger partial charge in [0.15, 0.2) is 5.13 Å². The second-order valence-corrected chi connectivity index (χ2v) is 6.42. The maximum Gasteiger partial charge on any atom is 0.258 e. The molecule has 2 N–H and O–H groups in total. The van der Waals surface area contributed by atoms with Crippen molar-refractivity contribution in [2.24, 2.45) is 0 Å². The molecule has 0 aliphatic heterocycles. The Bertz CT molecular complexity index is 692. The number of carbonyl (C=O) groups is 1. The molecule has 2 heterocycles. The van der Waals surface area contributed by atoms with Crippen LogP contribution in [0, 0.1) is 18.8 Å². The normalized spacial score (nSPS) is 10.0. The average Bonchev–Trinajstić information content (AvgIpc) is 3.06. The minimum absolute atomic E-state index is 0.0505. The van der Waals surface area contributed by atoms with Gasteiger partial charge in [-0.2, -0.15) is 0 Å². The van der Waals surface area contributed by atoms with Crippen molar-refractivity contribution in [3.05, 3.63) is 32.5 Å². The van der Waals surface area contributed by atoms with Crippen LogP contribution in [0.15, 0.2) is 11.4 Å². The van der Waals surface area contributed by atoms with E-state index in [1.54, 1.807) is 11.4 Å². The van der Waals surface area contributed by atoms with Crippen LogP contribution in [0.25, 0.3) is 0 Å². The van der Waals surface area contributed by atoms with Gasteiger partial charge in [0.2, 0.25) is 0 Å². The molecule has 0 saturated carbocycles. The summed E-state index contributed by atoms with van der Waals surface area (Å²) in [5.74, 6) is 5.59. The highest BCUT2D eigenvalue weighted by molar-refractivity contribution is 7.15. The molecule has 0 unspecified atom stereocenters. The van der Waals surface area contributed by atoms with Crippen LogP contribution in [0.1, 0.15) is 39.2 Å². The first-order chi connectivity index (χ1) is 10.1. The van der Waals surface area contributed by atoms with Crippen molar-refractivity contribution in [1.29, 1.82) is 0 Å². The van der Waals surface area contributed by atoms with Crippen LogP contribution in [0.3, 0.4) is 0 Å². The van der Waals surface area contributed by atoms with Crippen molar-refractivity contribution in [1.82, 2.24) is 4.98 Å². The lowest BCUT2D eigenvalue weighted by molar-refractivity contribution is 0.102. The average molecular weight is 320 g/mol. The molecule has 0 bridgehead atoms. The number of rotatable bonds is 4. The van der Waals surface area contributed by atoms with Crippen molar-refractivity contribution in [3.63, 3.8) is 0 Å². The zero-order chi connectivity index (χ0) is 15.2. The standard InChI is InChI=1S/C15H16N2O2S2/c1-3-13-10(2)21-15(16-13)17-14(19)11-8-12(20-9-11)6-4-5-7-18/h8-9,18H,3,5,7H2,1-2H3,(H,16,17,19). The maximum atomic E-state index is 12.1. The van der Waals surface area contributed by atoms with E-state index >= 15 is 0 Å². The Morgan fingerprint density at radius 3 is 3.00 bits per heavy atom. The van der Waals surface area contributed by atoms with Gasteiger partial charge in [-0.15, -0.1) is 22.7 Å². The van der Waals surface area contributed by atoms with Crippen LogP contribution in [0.4, 0.5) is 5.13 Å². The van der Waals surface area contributed by atoms with Crippen molar-refractivity contribution < 1.29 is 9.90 Å². The number of thiophene rings is 1. The quantitative estimate of drug-likeness (QED) is 0.851. The second-order valence-electron chi connectivity index (χ2n) is 4.30. The number of nitrogens with zero attached hydrogens (tertiary/aromatic N) is 1. The van der Waals surface area contributed by atoms with Gasteiger partial charge >= 0.3 is 0 Å². The number of carbonyl (C=O) groups excluding carboxylic acids is 1. The summed E-state index contributed by atoms with van der Waals surface area (Å²) in [6, 6.07) is 1.76. The molecule has 0 radical (unpaired) electrons. The van der Waals surface area contributed by atoms with E-state index in [1.165, 1.54) is 22.7 Å². The van der Waals surface area contributed by atoms with E-state index in [2.05, 4.69) is 22.1 Å². The molecule has 4 nitrogen and oxygen atoms in total. The number of hydrogen-bond acceptors (Lipinski definition) is 5. The minimum atomic E-state index is -0.169. The molecule has 21 heavy (non-hydrogen) atoms. The molecule has 6 heteroatoms. The first kappa shape index (κ1) is 15.7. The van der Waals surface area contributed by atoms with Gasteiger partial charge in [0, 0.05) is 16.7 Å². The van der Waals surface area contributed by atoms with Gasteiger partial charge in [-0.3, -0.25) is 10.1 Å². The summed E-state index contributed by atoms with van der Waals surface area (Å²) in [6.07, 6.45) is 1.30. The summed E-state index contributed by atoms with van der Waals surface area (Å²) < 4.78 is 0. The fourth-order valence-corrected chi connectivity index (χ4v) is 3.36. The molecule has 2 rings (SSSR count). The van der Waals surface area contributed by atoms with Gasteiger partial charge in [-0.25, -0.2) is 4.98 Å². The van der Waals surface area contributed by atoms with E-state index in [0.29, 0.717) is 17.1 Å². The van der Waals surface area contributed by atoms with E-state index < -0.39 is 0 Å². The largest absolute Gasteiger partial charge is 0.395 e. The maximum absolute atomic E-state index is 12.1. The zero-order valence-electron chi connectivity index (χ0n) is 11.9. The van der Waals surface area contributed by atoms with Crippen molar-refractivity contribution in [2.45, 2.75) is 26.7 Å². The van der Waals surface area contributed by atoms with Gasteiger partial charge in [-0.1, -0.05) is 18.8 Å². The Morgan fingerprint density at radius 1 is 1.52 bits per heavy atom. The van der Waals surface area contributed by atoms with Crippen molar-refractivity contribution >= 4 is 33.7 Å². The molecule has 0 aromatic carbocycles. The van der Waals surface area contributed by atoms with Crippen LogP contribution >= 0.6 is 22.7 Å². The molecule has 0 spiro atoms. The van der Waals surface area contributed by atoms with Crippen LogP contribution in [0.5, 0.6) is 0 Å². The number of aliphatic hydroxyl groups is 1. The van der Waals surface area contributed by atoms with Crippen LogP contribution in [0.2, 0.25) is 0 Å². The number of anilines is 1. The predicted molar refractivity (Wildman–Crippen MR) is 87.1 cm³/mol. The van der Waals surface area contributed by atoms with E-state index in [1.807, 2.05) is 13.8 Å². The molecule has 0 saturated heterocycles. The highest BCUT2D eigenvalue weighted by atomic mass is 32.1. The Labute approximate surface area is 131 Å². The number of aliphatic hydroxyl groups excluding tert-OH is 1. The molecule has 0 fully saturated rings. The fraction of sp³-hybridized carbons (Fsp3) is 0.333. The third-order valence-electron chi connectivity index (χ3n) is 2.76. The Morgan fingerprint density at radius 2 is 2.33 bits per heavy atom. The van der Waals surface area contributed by atoms with E-state index in [4.69, 9.17) is 5.11 Å². The molecular formula is C15H16N2O2S2. The monoisotopic (exact) mass is 320 g/mol. The summed E-state index contributed by atoms with van der Waals surface area (Å²) in [5, 5.41) is 13.9. The third kappa shape index (κ3) is 4.14. The van der Waals surface area contributed by atoms with Gasteiger partial charge in [0.1, 0.15) is 0 Å². The number of amides is 1. The molecular weight excluding hydrogens is 304 g/mol. The van der Waals surface area contributed by atoms with Gasteiger partial charge in [0.25, 0.3) is 5.91 Å². The lowest BCUT2D eigenvalue weighted by Crippen LogP contribution is -2.10. The summed E-state index contributed by atoms with van der Waals surface area (Å²) in [7, 11) is 0. The second kappa shape index (κ2) is 7.36. The SMILES string of the molecule is CCc1nc(NC(=O)c2csc(C#CCCO)c2)sc1C. The molecule has 110 valence electrons. The summed E-state index contributed by atoms with van der Waals surface area (Å²) in [6.45, 7) is 4.10. The summed E-state index contributed by atoms with van der Waals surface area (Å²) >= 11 is 2.91. The third-order valence-corrected chi connectivity index (χ3v) is 4.53. The Kier molecular flexibility index (Phi) is 5.51. The van der Waals surface area contributed by atoms with Crippen LogP contribution < -0.4 is 5.32 Å². The first-order valence-electron chi connectivity index (χ1n) is 6.60. The molecule has 0 atom stereocenters. The predicted octanol–water partition coefficient (Wildman–Crippen LogP) is 3.06. The molecule has 0 aliphatic carbocycles. The van der Waals surface area contributed by atoms with Gasteiger partial charge in [-0.05, 0) is 19.4 Å². The van der Waals surface area contributed by atoms with E-state index in [9.17, 15) is 4.79 Å². The molecule has 2 aromatic heterocycles. The lowest BCUT2D eigenvalue weighted by atomic mass is 10.3. The Balaban J connectivity index is 2.05. The number of aryl methyl sites for hydroxylation is 2. The number of hydrogen-bond donors (Lipinski definition) is 2. The van der Waals surface area contributed by atoms with Gasteiger partial charge in [0.05, 0.1) is 22.7 Å². The van der Waals surface area contributed by atoms with Crippen LogP contribution in [-0.4, -0.2) is 22.6 Å². The zero-order valence-corrected chi connectivity index (χ0v) is 13.5. The van der Waals surface area contributed by atoms with E-state index in [0.717, 1.165) is 21.9 Å². The van der Waals surface area contributed by atoms with Crippen LogP contribution in [-0.2, 0) is 6.42 Å². The minimum Gasteiger partial charge on any atom is -0.395 e. The van der Waals surface area contributed by atoms with Crippen molar-refractivity contribution in [3.8, 4) is 11.8 Å². The fourth-order valence-electron chi connectivity index (χ4n) is 1.71. The highest BCUT2D eigenvalue weighted by Gasteiger charge is 2.12. The number of nitrogens with one attached hydrogen (secondary N) is 1. The summed E-state index contributed by atoms with van der Waals surface area (Å²) in [5.41, 5.74) is 1.61.